The maximum Gasteiger partial charge on any atom is 0.0434 e. The largest absolute Gasteiger partial charge is 0.135 e. The van der Waals surface area contributed by atoms with Gasteiger partial charge in [0.2, 0.25) is 0 Å². The van der Waals surface area contributed by atoms with Crippen LogP contribution in [0.2, 0.25) is 0 Å². The van der Waals surface area contributed by atoms with Crippen LogP contribution in [0, 0.1) is 0 Å². The zero-order valence-corrected chi connectivity index (χ0v) is 64.0. The van der Waals surface area contributed by atoms with Gasteiger partial charge in [0.25, 0.3) is 0 Å². The third-order valence-electron chi connectivity index (χ3n) is 22.9. The van der Waals surface area contributed by atoms with Crippen molar-refractivity contribution in [3.05, 3.63) is 437 Å². The highest BCUT2D eigenvalue weighted by Gasteiger charge is 2.21. The highest BCUT2D eigenvalue weighted by Crippen LogP contribution is 2.49. The van der Waals surface area contributed by atoms with Crippen LogP contribution >= 0.6 is 22.7 Å². The van der Waals surface area contributed by atoms with Crippen LogP contribution in [0.3, 0.4) is 0 Å². The Bertz CT molecular complexity index is 7420. The molecule has 532 valence electrons. The monoisotopic (exact) mass is 1480 g/mol. The van der Waals surface area contributed by atoms with Gasteiger partial charge in [-0.1, -0.05) is 364 Å². The van der Waals surface area contributed by atoms with Crippen LogP contribution in [0.15, 0.2) is 437 Å². The van der Waals surface area contributed by atoms with E-state index >= 15 is 0 Å². The van der Waals surface area contributed by atoms with Crippen LogP contribution in [0.5, 0.6) is 0 Å². The van der Waals surface area contributed by atoms with Crippen LogP contribution in [0.25, 0.3) is 217 Å². The van der Waals surface area contributed by atoms with E-state index in [-0.39, 0.29) is 0 Å². The topological polar surface area (TPSA) is 0 Å². The summed E-state index contributed by atoms with van der Waals surface area (Å²) >= 11 is 3.79. The van der Waals surface area contributed by atoms with E-state index in [1.54, 1.807) is 0 Å². The third-order valence-corrected chi connectivity index (χ3v) is 25.4. The maximum absolute atomic E-state index is 2.43. The Kier molecular flexibility index (Phi) is 17.5. The van der Waals surface area contributed by atoms with E-state index in [2.05, 4.69) is 437 Å². The molecule has 0 unspecified atom stereocenters. The fourth-order valence-electron chi connectivity index (χ4n) is 17.3. The fraction of sp³-hybridized carbons (Fsp3) is 0. The highest BCUT2D eigenvalue weighted by molar-refractivity contribution is 7.26. The van der Waals surface area contributed by atoms with Gasteiger partial charge >= 0.3 is 0 Å². The summed E-state index contributed by atoms with van der Waals surface area (Å²) in [7, 11) is 0. The molecule has 0 aliphatic heterocycles. The molecule has 2 heteroatoms. The van der Waals surface area contributed by atoms with Crippen molar-refractivity contribution in [2.75, 3.05) is 0 Å². The second-order valence-electron chi connectivity index (χ2n) is 29.7. The van der Waals surface area contributed by atoms with E-state index in [1.807, 2.05) is 22.7 Å². The van der Waals surface area contributed by atoms with Crippen molar-refractivity contribution in [3.63, 3.8) is 0 Å². The molecule has 0 amide bonds. The Morgan fingerprint density at radius 3 is 0.833 bits per heavy atom. The van der Waals surface area contributed by atoms with Crippen LogP contribution in [0.1, 0.15) is 0 Å². The second kappa shape index (κ2) is 29.3. The van der Waals surface area contributed by atoms with Crippen molar-refractivity contribution in [3.8, 4) is 134 Å². The Morgan fingerprint density at radius 1 is 0.114 bits per heavy atom. The predicted octanol–water partition coefficient (Wildman–Crippen LogP) is 32.7. The van der Waals surface area contributed by atoms with Crippen molar-refractivity contribution >= 4 is 106 Å². The van der Waals surface area contributed by atoms with E-state index in [9.17, 15) is 0 Å². The lowest BCUT2D eigenvalue weighted by atomic mass is 9.89. The van der Waals surface area contributed by atoms with E-state index in [4.69, 9.17) is 0 Å². The molecule has 22 aromatic rings. The van der Waals surface area contributed by atoms with E-state index in [0.29, 0.717) is 0 Å². The second-order valence-corrected chi connectivity index (χ2v) is 31.8. The normalized spacial score (nSPS) is 11.5. The van der Waals surface area contributed by atoms with Gasteiger partial charge in [-0.3, -0.25) is 0 Å². The summed E-state index contributed by atoms with van der Waals surface area (Å²) in [5.74, 6) is 0. The van der Waals surface area contributed by atoms with Crippen molar-refractivity contribution < 1.29 is 0 Å². The summed E-state index contributed by atoms with van der Waals surface area (Å²) in [5.41, 5.74) is 29.6. The SMILES string of the molecule is c1ccc(-c2cccc(-c3ccc4sc5c(-c6ccc(-c7cc8ccccc8c8ccccc78)cc6)cc(-c6cccc(-c7ccccc7)c6)cc5c4c3)c2)cc1.c1ccc(-c2ccccc2-c2ccc3sc4c(-c5ccc(-c6cc7ccccc7c7ccccc67)cc5)cc(-c5ccccc5-c5ccccc5)cc4c3c2)cc1. The van der Waals surface area contributed by atoms with Gasteiger partial charge in [0, 0.05) is 51.5 Å². The molecule has 0 nitrogen and oxygen atoms in total. The molecule has 0 radical (unpaired) electrons. The van der Waals surface area contributed by atoms with Crippen molar-refractivity contribution in [2.45, 2.75) is 0 Å². The number of fused-ring (bicyclic) bond motifs is 12. The molecule has 2 heterocycles. The average Bonchev–Trinajstić information content (AvgIpc) is 1.58. The van der Waals surface area contributed by atoms with Gasteiger partial charge in [0.05, 0.1) is 0 Å². The molecule has 0 aliphatic rings. The Morgan fingerprint density at radius 2 is 0.386 bits per heavy atom. The summed E-state index contributed by atoms with van der Waals surface area (Å²) in [4.78, 5) is 0. The van der Waals surface area contributed by atoms with Crippen LogP contribution in [-0.2, 0) is 0 Å². The molecule has 0 atom stereocenters. The van der Waals surface area contributed by atoms with E-state index < -0.39 is 0 Å². The molecule has 114 heavy (non-hydrogen) atoms. The first-order chi connectivity index (χ1) is 56.5. The molecular weight excluding hydrogens is 1410 g/mol. The smallest absolute Gasteiger partial charge is 0.0434 e. The van der Waals surface area contributed by atoms with Gasteiger partial charge in [-0.25, -0.2) is 0 Å². The maximum atomic E-state index is 2.43. The molecule has 0 saturated heterocycles. The number of benzene rings is 20. The van der Waals surface area contributed by atoms with Crippen LogP contribution in [0.4, 0.5) is 0 Å². The van der Waals surface area contributed by atoms with Crippen molar-refractivity contribution in [2.24, 2.45) is 0 Å². The van der Waals surface area contributed by atoms with E-state index in [0.717, 1.165) is 0 Å². The summed E-state index contributed by atoms with van der Waals surface area (Å²) in [5, 5.41) is 15.4. The lowest BCUT2D eigenvalue weighted by Gasteiger charge is -2.14. The van der Waals surface area contributed by atoms with Crippen LogP contribution < -0.4 is 0 Å². The lowest BCUT2D eigenvalue weighted by molar-refractivity contribution is 1.59. The zero-order valence-electron chi connectivity index (χ0n) is 62.4. The van der Waals surface area contributed by atoms with Crippen LogP contribution in [-0.4, -0.2) is 0 Å². The first kappa shape index (κ1) is 68.0. The van der Waals surface area contributed by atoms with Gasteiger partial charge < -0.3 is 0 Å². The van der Waals surface area contributed by atoms with Gasteiger partial charge in [-0.05, 0) is 238 Å². The average molecular weight is 1480 g/mol. The molecule has 0 N–H and O–H groups in total. The number of thiophene rings is 2. The summed E-state index contributed by atoms with van der Waals surface area (Å²) in [6.07, 6.45) is 0. The number of hydrogen-bond donors (Lipinski definition) is 0. The molecule has 0 aliphatic carbocycles. The molecule has 20 aromatic carbocycles. The summed E-state index contributed by atoms with van der Waals surface area (Å²) < 4.78 is 5.21. The first-order valence-electron chi connectivity index (χ1n) is 39.1. The molecule has 0 spiro atoms. The zero-order chi connectivity index (χ0) is 75.4. The standard InChI is InChI=1S/2C56H36S/c1-3-15-37(16-4-1)44-20-9-11-22-46(44)42-31-32-55-53(34-42)54-36-43(48-24-12-10-21-45(48)38-17-5-2-6-18-38)35-52(56(54)57-55)40-29-27-39(28-30-40)51-33-41-19-7-8-23-47(41)49-25-13-14-26-50(49)51;1-3-13-37(14-4-1)41-18-11-20-43(31-41)45-29-30-55-53(33-45)54-36-47(44-21-12-19-42(32-44)38-15-5-2-6-16-38)35-52(56(54)57-55)40-27-25-39(26-28-40)51-34-46-17-7-8-22-48(46)49-23-9-10-24-50(49)51/h2*1-36H. The number of hydrogen-bond acceptors (Lipinski definition) is 2. The molecule has 0 bridgehead atoms. The molecule has 22 rings (SSSR count). The Balaban J connectivity index is 0.000000143. The highest BCUT2D eigenvalue weighted by atomic mass is 32.1. The first-order valence-corrected chi connectivity index (χ1v) is 40.8. The molecular formula is C112H72S2. The summed E-state index contributed by atoms with van der Waals surface area (Å²) in [6.45, 7) is 0. The predicted molar refractivity (Wildman–Crippen MR) is 494 cm³/mol. The minimum absolute atomic E-state index is 1.21. The van der Waals surface area contributed by atoms with Crippen molar-refractivity contribution in [1.29, 1.82) is 0 Å². The van der Waals surface area contributed by atoms with Crippen molar-refractivity contribution in [1.82, 2.24) is 0 Å². The lowest BCUT2D eigenvalue weighted by Crippen LogP contribution is -1.88. The van der Waals surface area contributed by atoms with E-state index in [1.165, 1.54) is 217 Å². The van der Waals surface area contributed by atoms with Gasteiger partial charge in [0.1, 0.15) is 0 Å². The molecule has 2 aromatic heterocycles. The van der Waals surface area contributed by atoms with Gasteiger partial charge in [0.15, 0.2) is 0 Å². The quantitative estimate of drug-likeness (QED) is 0.107. The molecule has 0 saturated carbocycles. The minimum Gasteiger partial charge on any atom is -0.135 e. The third kappa shape index (κ3) is 12.6. The number of rotatable bonds is 12. The molecule has 0 fully saturated rings. The Labute approximate surface area is 671 Å². The van der Waals surface area contributed by atoms with Gasteiger partial charge in [-0.15, -0.1) is 22.7 Å². The fourth-order valence-corrected chi connectivity index (χ4v) is 19.7. The summed E-state index contributed by atoms with van der Waals surface area (Å²) in [6, 6.07) is 160. The Hall–Kier alpha value is -14.1. The minimum atomic E-state index is 1.21. The van der Waals surface area contributed by atoms with Gasteiger partial charge in [-0.2, -0.15) is 0 Å².